The molecule has 0 amide bonds. The van der Waals surface area contributed by atoms with Crippen molar-refractivity contribution in [3.8, 4) is 5.75 Å². The summed E-state index contributed by atoms with van der Waals surface area (Å²) in [6.07, 6.45) is 2.57. The van der Waals surface area contributed by atoms with Gasteiger partial charge in [-0.1, -0.05) is 12.1 Å². The zero-order valence-corrected chi connectivity index (χ0v) is 12.6. The minimum absolute atomic E-state index is 0. The molecule has 3 rings (SSSR count). The van der Waals surface area contributed by atoms with Crippen LogP contribution in [0.1, 0.15) is 30.0 Å². The third kappa shape index (κ3) is 3.25. The summed E-state index contributed by atoms with van der Waals surface area (Å²) in [7, 11) is 3.67. The number of benzene rings is 1. The molecule has 20 heavy (non-hydrogen) atoms. The Hall–Kier alpha value is -1.68. The fourth-order valence-electron chi connectivity index (χ4n) is 2.17. The quantitative estimate of drug-likeness (QED) is 0.919. The van der Waals surface area contributed by atoms with Gasteiger partial charge in [-0.25, -0.2) is 0 Å². The molecule has 1 aromatic carbocycles. The van der Waals surface area contributed by atoms with Crippen LogP contribution in [-0.4, -0.2) is 16.9 Å². The standard InChI is InChI=1S/C15H19N3O.ClH/c1-18-15(9-14(17-18)12-5-6-12)16-10-11-3-7-13(19-2)8-4-11;/h3-4,7-9,12,16H,5-6,10H2,1-2H3;1H. The number of nitrogens with zero attached hydrogens (tertiary/aromatic N) is 2. The summed E-state index contributed by atoms with van der Waals surface area (Å²) < 4.78 is 7.08. The van der Waals surface area contributed by atoms with Crippen molar-refractivity contribution < 1.29 is 4.74 Å². The first kappa shape index (κ1) is 14.7. The van der Waals surface area contributed by atoms with Gasteiger partial charge in [0.15, 0.2) is 0 Å². The summed E-state index contributed by atoms with van der Waals surface area (Å²) >= 11 is 0. The van der Waals surface area contributed by atoms with Crippen molar-refractivity contribution in [1.29, 1.82) is 0 Å². The van der Waals surface area contributed by atoms with Crippen LogP contribution in [0.5, 0.6) is 5.75 Å². The van der Waals surface area contributed by atoms with Gasteiger partial charge >= 0.3 is 0 Å². The van der Waals surface area contributed by atoms with Crippen LogP contribution in [0.3, 0.4) is 0 Å². The first-order valence-corrected chi connectivity index (χ1v) is 6.67. The van der Waals surface area contributed by atoms with Crippen molar-refractivity contribution in [1.82, 2.24) is 9.78 Å². The van der Waals surface area contributed by atoms with Gasteiger partial charge in [-0.3, -0.25) is 4.68 Å². The molecule has 0 radical (unpaired) electrons. The molecule has 0 atom stereocenters. The molecule has 1 aliphatic rings. The lowest BCUT2D eigenvalue weighted by atomic mass is 10.2. The monoisotopic (exact) mass is 293 g/mol. The zero-order chi connectivity index (χ0) is 13.2. The first-order chi connectivity index (χ1) is 9.26. The summed E-state index contributed by atoms with van der Waals surface area (Å²) in [5, 5.41) is 7.98. The Morgan fingerprint density at radius 1 is 1.30 bits per heavy atom. The van der Waals surface area contributed by atoms with Gasteiger partial charge in [0.2, 0.25) is 0 Å². The maximum absolute atomic E-state index is 5.15. The van der Waals surface area contributed by atoms with Crippen molar-refractivity contribution in [3.63, 3.8) is 0 Å². The fourth-order valence-corrected chi connectivity index (χ4v) is 2.17. The molecular formula is C15H20ClN3O. The summed E-state index contributed by atoms with van der Waals surface area (Å²) in [4.78, 5) is 0. The molecule has 1 aliphatic carbocycles. The molecule has 108 valence electrons. The average molecular weight is 294 g/mol. The predicted molar refractivity (Wildman–Crippen MR) is 82.8 cm³/mol. The second-order valence-electron chi connectivity index (χ2n) is 5.05. The number of ether oxygens (including phenoxy) is 1. The zero-order valence-electron chi connectivity index (χ0n) is 11.8. The lowest BCUT2D eigenvalue weighted by Crippen LogP contribution is -2.04. The average Bonchev–Trinajstić information content (AvgIpc) is 3.22. The first-order valence-electron chi connectivity index (χ1n) is 6.67. The molecule has 1 aromatic heterocycles. The van der Waals surface area contributed by atoms with Gasteiger partial charge in [-0.05, 0) is 30.5 Å². The number of aryl methyl sites for hydroxylation is 1. The molecule has 5 heteroatoms. The highest BCUT2D eigenvalue weighted by Crippen LogP contribution is 2.39. The molecule has 2 aromatic rings. The van der Waals surface area contributed by atoms with E-state index in [1.54, 1.807) is 7.11 Å². The van der Waals surface area contributed by atoms with Gasteiger partial charge in [0.25, 0.3) is 0 Å². The van der Waals surface area contributed by atoms with E-state index in [1.807, 2.05) is 23.9 Å². The molecule has 1 fully saturated rings. The van der Waals surface area contributed by atoms with Gasteiger partial charge in [-0.2, -0.15) is 5.10 Å². The Balaban J connectivity index is 0.00000147. The highest BCUT2D eigenvalue weighted by molar-refractivity contribution is 5.85. The molecule has 0 spiro atoms. The molecule has 0 saturated heterocycles. The Morgan fingerprint density at radius 2 is 2.00 bits per heavy atom. The number of halogens is 1. The minimum atomic E-state index is 0. The van der Waals surface area contributed by atoms with Gasteiger partial charge in [0.1, 0.15) is 11.6 Å². The SMILES string of the molecule is COc1ccc(CNc2cc(C3CC3)nn2C)cc1.Cl. The lowest BCUT2D eigenvalue weighted by molar-refractivity contribution is 0.414. The van der Waals surface area contributed by atoms with E-state index in [4.69, 9.17) is 4.74 Å². The lowest BCUT2D eigenvalue weighted by Gasteiger charge is -2.07. The molecule has 1 saturated carbocycles. The number of hydrogen-bond acceptors (Lipinski definition) is 3. The van der Waals surface area contributed by atoms with Crippen molar-refractivity contribution in [2.75, 3.05) is 12.4 Å². The highest BCUT2D eigenvalue weighted by Gasteiger charge is 2.26. The summed E-state index contributed by atoms with van der Waals surface area (Å²) in [6.45, 7) is 0.799. The van der Waals surface area contributed by atoms with E-state index in [0.29, 0.717) is 5.92 Å². The third-order valence-electron chi connectivity index (χ3n) is 3.53. The molecule has 1 heterocycles. The van der Waals surface area contributed by atoms with E-state index in [-0.39, 0.29) is 12.4 Å². The van der Waals surface area contributed by atoms with E-state index in [2.05, 4.69) is 28.6 Å². The van der Waals surface area contributed by atoms with Crippen LogP contribution in [-0.2, 0) is 13.6 Å². The normalized spacial score (nSPS) is 13.7. The van der Waals surface area contributed by atoms with Gasteiger partial charge in [0.05, 0.1) is 12.8 Å². The van der Waals surface area contributed by atoms with Crippen molar-refractivity contribution >= 4 is 18.2 Å². The second-order valence-corrected chi connectivity index (χ2v) is 5.05. The predicted octanol–water partition coefficient (Wildman–Crippen LogP) is 3.34. The molecule has 0 unspecified atom stereocenters. The van der Waals surface area contributed by atoms with Gasteiger partial charge < -0.3 is 10.1 Å². The van der Waals surface area contributed by atoms with E-state index in [9.17, 15) is 0 Å². The molecule has 0 aliphatic heterocycles. The smallest absolute Gasteiger partial charge is 0.124 e. The number of hydrogen-bond donors (Lipinski definition) is 1. The van der Waals surface area contributed by atoms with E-state index < -0.39 is 0 Å². The number of rotatable bonds is 5. The van der Waals surface area contributed by atoms with Crippen LogP contribution in [0, 0.1) is 0 Å². The molecule has 4 nitrogen and oxygen atoms in total. The highest BCUT2D eigenvalue weighted by atomic mass is 35.5. The van der Waals surface area contributed by atoms with E-state index in [0.717, 1.165) is 18.1 Å². The fraction of sp³-hybridized carbons (Fsp3) is 0.400. The molecule has 1 N–H and O–H groups in total. The van der Waals surface area contributed by atoms with Crippen LogP contribution in [0.4, 0.5) is 5.82 Å². The van der Waals surface area contributed by atoms with Crippen molar-refractivity contribution in [3.05, 3.63) is 41.6 Å². The van der Waals surface area contributed by atoms with Gasteiger partial charge in [-0.15, -0.1) is 12.4 Å². The van der Waals surface area contributed by atoms with Crippen LogP contribution >= 0.6 is 12.4 Å². The van der Waals surface area contributed by atoms with Crippen LogP contribution < -0.4 is 10.1 Å². The van der Waals surface area contributed by atoms with E-state index in [1.165, 1.54) is 24.1 Å². The van der Waals surface area contributed by atoms with Crippen LogP contribution in [0.2, 0.25) is 0 Å². The Bertz CT molecular complexity index is 561. The Labute approximate surface area is 125 Å². The van der Waals surface area contributed by atoms with E-state index >= 15 is 0 Å². The number of aromatic nitrogens is 2. The number of methoxy groups -OCH3 is 1. The third-order valence-corrected chi connectivity index (χ3v) is 3.53. The number of anilines is 1. The minimum Gasteiger partial charge on any atom is -0.497 e. The van der Waals surface area contributed by atoms with Crippen molar-refractivity contribution in [2.45, 2.75) is 25.3 Å². The van der Waals surface area contributed by atoms with Crippen LogP contribution in [0.15, 0.2) is 30.3 Å². The Kier molecular flexibility index (Phi) is 4.55. The topological polar surface area (TPSA) is 39.1 Å². The summed E-state index contributed by atoms with van der Waals surface area (Å²) in [5.41, 5.74) is 2.45. The van der Waals surface area contributed by atoms with Crippen molar-refractivity contribution in [2.24, 2.45) is 7.05 Å². The molecular weight excluding hydrogens is 274 g/mol. The molecule has 0 bridgehead atoms. The maximum Gasteiger partial charge on any atom is 0.124 e. The second kappa shape index (κ2) is 6.18. The summed E-state index contributed by atoms with van der Waals surface area (Å²) in [5.74, 6) is 2.67. The summed E-state index contributed by atoms with van der Waals surface area (Å²) in [6, 6.07) is 10.3. The maximum atomic E-state index is 5.15. The largest absolute Gasteiger partial charge is 0.497 e. The Morgan fingerprint density at radius 3 is 2.60 bits per heavy atom. The number of nitrogens with one attached hydrogen (secondary N) is 1. The van der Waals surface area contributed by atoms with Gasteiger partial charge in [0, 0.05) is 25.6 Å². The van der Waals surface area contributed by atoms with Crippen LogP contribution in [0.25, 0.3) is 0 Å².